The quantitative estimate of drug-likeness (QED) is 0.145. The van der Waals surface area contributed by atoms with Crippen LogP contribution in [0.3, 0.4) is 0 Å². The van der Waals surface area contributed by atoms with Crippen LogP contribution in [0.5, 0.6) is 5.75 Å². The minimum atomic E-state index is -1.10. The molecule has 1 saturated carbocycles. The number of allylic oxidation sites excluding steroid dienone is 1. The Balaban J connectivity index is 1.90. The Bertz CT molecular complexity index is 910. The fraction of sp³-hybridized carbons (Fsp3) is 0.615. The SMILES string of the molecule is COCO[C@H]([C@H]1C(=O)O[C@@]2([C@H](C=O)OCc3ccc(OC)cc3)[C@@H]1CC2(C)C)[C@@H](/C=C(\C)I)OC. The molecule has 0 unspecified atom stereocenters. The highest BCUT2D eigenvalue weighted by Gasteiger charge is 2.75. The maximum absolute atomic E-state index is 13.4. The zero-order valence-electron chi connectivity index (χ0n) is 21.1. The molecule has 1 heterocycles. The largest absolute Gasteiger partial charge is 0.497 e. The molecular formula is C26H35IO8. The van der Waals surface area contributed by atoms with Crippen molar-refractivity contribution >= 4 is 34.8 Å². The van der Waals surface area contributed by atoms with Gasteiger partial charge in [0, 0.05) is 25.6 Å². The van der Waals surface area contributed by atoms with E-state index in [1.165, 1.54) is 7.11 Å². The van der Waals surface area contributed by atoms with Gasteiger partial charge in [-0.2, -0.15) is 0 Å². The van der Waals surface area contributed by atoms with Gasteiger partial charge in [-0.1, -0.05) is 26.0 Å². The third kappa shape index (κ3) is 5.44. The Hall–Kier alpha value is -1.53. The minimum absolute atomic E-state index is 0.00334. The van der Waals surface area contributed by atoms with Gasteiger partial charge in [0.15, 0.2) is 18.0 Å². The highest BCUT2D eigenvalue weighted by atomic mass is 127. The molecule has 1 aliphatic carbocycles. The molecule has 1 saturated heterocycles. The fourth-order valence-corrected chi connectivity index (χ4v) is 5.85. The number of aldehydes is 1. The van der Waals surface area contributed by atoms with Crippen molar-refractivity contribution in [2.75, 3.05) is 28.1 Å². The minimum Gasteiger partial charge on any atom is -0.497 e. The number of hydrogen-bond donors (Lipinski definition) is 0. The van der Waals surface area contributed by atoms with Crippen LogP contribution in [0.15, 0.2) is 33.9 Å². The van der Waals surface area contributed by atoms with E-state index in [1.54, 1.807) is 14.2 Å². The maximum Gasteiger partial charge on any atom is 0.312 e. The number of fused-ring (bicyclic) bond motifs is 1. The number of benzene rings is 1. The summed E-state index contributed by atoms with van der Waals surface area (Å²) in [5.74, 6) is -0.596. The first kappa shape index (κ1) is 28.0. The van der Waals surface area contributed by atoms with E-state index in [2.05, 4.69) is 22.6 Å². The van der Waals surface area contributed by atoms with E-state index < -0.39 is 41.2 Å². The van der Waals surface area contributed by atoms with Gasteiger partial charge in [-0.3, -0.25) is 4.79 Å². The van der Waals surface area contributed by atoms with Gasteiger partial charge in [0.05, 0.1) is 19.6 Å². The van der Waals surface area contributed by atoms with E-state index in [0.29, 0.717) is 6.42 Å². The average molecular weight is 602 g/mol. The molecule has 1 aromatic rings. The van der Waals surface area contributed by atoms with Crippen molar-refractivity contribution in [1.29, 1.82) is 0 Å². The number of carbonyl (C=O) groups excluding carboxylic acids is 2. The highest BCUT2D eigenvalue weighted by Crippen LogP contribution is 2.65. The van der Waals surface area contributed by atoms with E-state index >= 15 is 0 Å². The van der Waals surface area contributed by atoms with Crippen molar-refractivity contribution in [3.8, 4) is 5.75 Å². The van der Waals surface area contributed by atoms with E-state index in [-0.39, 0.29) is 19.3 Å². The van der Waals surface area contributed by atoms with Gasteiger partial charge in [-0.15, -0.1) is 0 Å². The number of halogens is 1. The van der Waals surface area contributed by atoms with Crippen LogP contribution < -0.4 is 4.74 Å². The maximum atomic E-state index is 13.4. The number of carbonyl (C=O) groups is 2. The molecule has 2 aliphatic rings. The molecule has 6 atom stereocenters. The summed E-state index contributed by atoms with van der Waals surface area (Å²) in [4.78, 5) is 25.8. The molecule has 35 heavy (non-hydrogen) atoms. The molecule has 1 aromatic carbocycles. The summed E-state index contributed by atoms with van der Waals surface area (Å²) < 4.78 is 35.2. The number of ether oxygens (including phenoxy) is 6. The van der Waals surface area contributed by atoms with Crippen molar-refractivity contribution in [1.82, 2.24) is 0 Å². The van der Waals surface area contributed by atoms with Crippen molar-refractivity contribution in [3.05, 3.63) is 39.5 Å². The van der Waals surface area contributed by atoms with Crippen molar-refractivity contribution in [2.24, 2.45) is 17.3 Å². The summed E-state index contributed by atoms with van der Waals surface area (Å²) in [6.45, 7) is 6.14. The molecule has 9 heteroatoms. The molecule has 3 rings (SSSR count). The third-order valence-electron chi connectivity index (χ3n) is 7.17. The topological polar surface area (TPSA) is 89.5 Å². The predicted octanol–water partition coefficient (Wildman–Crippen LogP) is 4.08. The van der Waals surface area contributed by atoms with Crippen LogP contribution >= 0.6 is 22.6 Å². The van der Waals surface area contributed by atoms with Crippen LogP contribution in [-0.2, 0) is 39.9 Å². The normalized spacial score (nSPS) is 27.9. The third-order valence-corrected chi connectivity index (χ3v) is 7.53. The van der Waals surface area contributed by atoms with E-state index in [0.717, 1.165) is 21.2 Å². The summed E-state index contributed by atoms with van der Waals surface area (Å²) >= 11 is 2.19. The summed E-state index contributed by atoms with van der Waals surface area (Å²) in [5, 5.41) is 0. The summed E-state index contributed by atoms with van der Waals surface area (Å²) in [5.41, 5.74) is -0.678. The van der Waals surface area contributed by atoms with Crippen molar-refractivity contribution < 1.29 is 38.0 Å². The Kier molecular flexibility index (Phi) is 9.36. The zero-order chi connectivity index (χ0) is 25.8. The zero-order valence-corrected chi connectivity index (χ0v) is 23.3. The van der Waals surface area contributed by atoms with Crippen LogP contribution in [0.25, 0.3) is 0 Å². The van der Waals surface area contributed by atoms with Crippen LogP contribution in [-0.4, -0.2) is 64.3 Å². The van der Waals surface area contributed by atoms with E-state index in [9.17, 15) is 9.59 Å². The molecule has 2 fully saturated rings. The van der Waals surface area contributed by atoms with Gasteiger partial charge in [-0.05, 0) is 63.3 Å². The molecular weight excluding hydrogens is 567 g/mol. The van der Waals surface area contributed by atoms with Crippen LogP contribution in [0, 0.1) is 17.3 Å². The van der Waals surface area contributed by atoms with Gasteiger partial charge >= 0.3 is 5.97 Å². The monoisotopic (exact) mass is 602 g/mol. The molecule has 0 bridgehead atoms. The Morgan fingerprint density at radius 3 is 2.40 bits per heavy atom. The fourth-order valence-electron chi connectivity index (χ4n) is 5.50. The average Bonchev–Trinajstić information content (AvgIpc) is 3.08. The highest BCUT2D eigenvalue weighted by molar-refractivity contribution is 14.1. The second-order valence-electron chi connectivity index (χ2n) is 9.64. The summed E-state index contributed by atoms with van der Waals surface area (Å²) in [6, 6.07) is 7.42. The first-order chi connectivity index (χ1) is 16.6. The second kappa shape index (κ2) is 11.7. The first-order valence-electron chi connectivity index (χ1n) is 11.5. The number of esters is 1. The Labute approximate surface area is 220 Å². The van der Waals surface area contributed by atoms with Crippen LogP contribution in [0.1, 0.15) is 32.8 Å². The second-order valence-corrected chi connectivity index (χ2v) is 11.3. The predicted molar refractivity (Wildman–Crippen MR) is 137 cm³/mol. The van der Waals surface area contributed by atoms with Gasteiger partial charge in [0.1, 0.15) is 24.8 Å². The first-order valence-corrected chi connectivity index (χ1v) is 12.6. The molecule has 0 amide bonds. The Morgan fingerprint density at radius 2 is 1.89 bits per heavy atom. The lowest BCUT2D eigenvalue weighted by Gasteiger charge is -2.59. The van der Waals surface area contributed by atoms with Gasteiger partial charge < -0.3 is 33.2 Å². The summed E-state index contributed by atoms with van der Waals surface area (Å²) in [7, 11) is 4.71. The summed E-state index contributed by atoms with van der Waals surface area (Å²) in [6.07, 6.45) is 1.27. The molecule has 0 radical (unpaired) electrons. The standard InChI is InChI=1S/C26H35IO8/c1-16(27)11-20(32-6)23(34-15-30-4)22-19-12-25(2,3)26(19,35-24(22)29)21(13-28)33-14-17-7-9-18(31-5)10-8-17/h7-11,13,19-23H,12,14-15H2,1-6H3/b16-11+/t19-,20-,21+,22+,23+,26-/m1/s1. The number of methoxy groups -OCH3 is 3. The van der Waals surface area contributed by atoms with Crippen LogP contribution in [0.4, 0.5) is 0 Å². The number of hydrogen-bond acceptors (Lipinski definition) is 8. The molecule has 194 valence electrons. The Morgan fingerprint density at radius 1 is 1.20 bits per heavy atom. The van der Waals surface area contributed by atoms with Crippen molar-refractivity contribution in [3.63, 3.8) is 0 Å². The van der Waals surface area contributed by atoms with Gasteiger partial charge in [-0.25, -0.2) is 0 Å². The van der Waals surface area contributed by atoms with Crippen molar-refractivity contribution in [2.45, 2.75) is 57.7 Å². The smallest absolute Gasteiger partial charge is 0.312 e. The molecule has 0 aromatic heterocycles. The lowest BCUT2D eigenvalue weighted by atomic mass is 9.48. The van der Waals surface area contributed by atoms with Gasteiger partial charge in [0.25, 0.3) is 0 Å². The van der Waals surface area contributed by atoms with E-state index in [4.69, 9.17) is 28.4 Å². The number of rotatable bonds is 13. The van der Waals surface area contributed by atoms with Gasteiger partial charge in [0.2, 0.25) is 0 Å². The lowest BCUT2D eigenvalue weighted by Crippen LogP contribution is -2.69. The molecule has 1 aliphatic heterocycles. The lowest BCUT2D eigenvalue weighted by molar-refractivity contribution is -0.246. The van der Waals surface area contributed by atoms with E-state index in [1.807, 2.05) is 51.1 Å². The molecule has 0 spiro atoms. The van der Waals surface area contributed by atoms with Crippen LogP contribution in [0.2, 0.25) is 0 Å². The molecule has 0 N–H and O–H groups in total. The molecule has 8 nitrogen and oxygen atoms in total.